The van der Waals surface area contributed by atoms with E-state index in [4.69, 9.17) is 4.74 Å². The summed E-state index contributed by atoms with van der Waals surface area (Å²) >= 11 is 0. The van der Waals surface area contributed by atoms with Gasteiger partial charge in [-0.1, -0.05) is 0 Å². The zero-order chi connectivity index (χ0) is 19.2. The van der Waals surface area contributed by atoms with E-state index < -0.39 is 24.4 Å². The van der Waals surface area contributed by atoms with Crippen LogP contribution in [0.25, 0.3) is 11.0 Å². The van der Waals surface area contributed by atoms with Crippen LogP contribution in [-0.2, 0) is 11.3 Å². The lowest BCUT2D eigenvalue weighted by Gasteiger charge is -2.40. The number of pyridine rings is 1. The van der Waals surface area contributed by atoms with Crippen LogP contribution in [0.15, 0.2) is 18.5 Å². The van der Waals surface area contributed by atoms with Gasteiger partial charge < -0.3 is 19.9 Å². The predicted molar refractivity (Wildman–Crippen MR) is 87.8 cm³/mol. The third-order valence-electron chi connectivity index (χ3n) is 4.86. The number of ether oxygens (including phenoxy) is 1. The molecule has 0 aromatic carbocycles. The number of morpholine rings is 1. The molecule has 1 amide bonds. The van der Waals surface area contributed by atoms with Gasteiger partial charge in [0.05, 0.1) is 25.0 Å². The van der Waals surface area contributed by atoms with Gasteiger partial charge in [-0.3, -0.25) is 4.79 Å². The van der Waals surface area contributed by atoms with Crippen molar-refractivity contribution in [3.63, 3.8) is 0 Å². The quantitative estimate of drug-likeness (QED) is 0.792. The molecule has 2 bridgehead atoms. The van der Waals surface area contributed by atoms with Crippen LogP contribution < -0.4 is 10.6 Å². The smallest absolute Gasteiger partial charge is 0.378 e. The number of hydrogen-bond donors (Lipinski definition) is 2. The Labute approximate surface area is 151 Å². The second-order valence-corrected chi connectivity index (χ2v) is 7.05. The Kier molecular flexibility index (Phi) is 4.55. The molecule has 27 heavy (non-hydrogen) atoms. The first-order chi connectivity index (χ1) is 12.8. The molecule has 0 spiro atoms. The highest BCUT2D eigenvalue weighted by atomic mass is 19.4. The largest absolute Gasteiger partial charge is 0.406 e. The van der Waals surface area contributed by atoms with Crippen LogP contribution in [-0.4, -0.2) is 53.0 Å². The van der Waals surface area contributed by atoms with E-state index in [1.807, 2.05) is 0 Å². The van der Waals surface area contributed by atoms with Gasteiger partial charge in [-0.25, -0.2) is 9.37 Å². The number of piperidine rings is 1. The molecular formula is C17H18F4N4O2. The number of amides is 1. The fraction of sp³-hybridized carbons (Fsp3) is 0.529. The maximum atomic E-state index is 13.6. The van der Waals surface area contributed by atoms with Crippen molar-refractivity contribution < 1.29 is 27.1 Å². The lowest BCUT2D eigenvalue weighted by molar-refractivity contribution is -0.139. The van der Waals surface area contributed by atoms with Crippen molar-refractivity contribution in [2.75, 3.05) is 13.2 Å². The Morgan fingerprint density at radius 2 is 2.04 bits per heavy atom. The summed E-state index contributed by atoms with van der Waals surface area (Å²) in [6, 6.07) is 1.18. The Bertz CT molecular complexity index is 854. The Hall–Kier alpha value is -2.20. The Morgan fingerprint density at radius 3 is 2.70 bits per heavy atom. The number of carbonyl (C=O) groups excluding carboxylic acids is 1. The molecule has 2 aromatic rings. The van der Waals surface area contributed by atoms with Crippen molar-refractivity contribution in [2.24, 2.45) is 0 Å². The molecule has 2 aliphatic rings. The van der Waals surface area contributed by atoms with Gasteiger partial charge in [0.1, 0.15) is 18.0 Å². The van der Waals surface area contributed by atoms with Crippen LogP contribution in [0, 0.1) is 5.82 Å². The first kappa shape index (κ1) is 18.2. The van der Waals surface area contributed by atoms with E-state index >= 15 is 0 Å². The molecule has 2 saturated heterocycles. The average Bonchev–Trinajstić information content (AvgIpc) is 2.90. The van der Waals surface area contributed by atoms with Gasteiger partial charge in [-0.2, -0.15) is 13.2 Å². The number of hydrogen-bond acceptors (Lipinski definition) is 4. The van der Waals surface area contributed by atoms with E-state index in [0.29, 0.717) is 26.1 Å². The van der Waals surface area contributed by atoms with Gasteiger partial charge in [-0.15, -0.1) is 0 Å². The number of halogens is 4. The molecule has 0 unspecified atom stereocenters. The molecule has 2 fully saturated rings. The summed E-state index contributed by atoms with van der Waals surface area (Å²) in [5, 5.41) is 6.33. The van der Waals surface area contributed by atoms with Gasteiger partial charge in [-0.05, 0) is 18.9 Å². The first-order valence-corrected chi connectivity index (χ1v) is 8.64. The molecular weight excluding hydrogens is 368 g/mol. The first-order valence-electron chi connectivity index (χ1n) is 8.64. The molecule has 4 rings (SSSR count). The van der Waals surface area contributed by atoms with Gasteiger partial charge in [0.25, 0.3) is 5.91 Å². The van der Waals surface area contributed by atoms with E-state index in [0.717, 1.165) is 23.0 Å². The number of rotatable bonds is 3. The molecule has 6 nitrogen and oxygen atoms in total. The van der Waals surface area contributed by atoms with Gasteiger partial charge in [0.15, 0.2) is 0 Å². The van der Waals surface area contributed by atoms with Crippen LogP contribution in [0.2, 0.25) is 0 Å². The summed E-state index contributed by atoms with van der Waals surface area (Å²) in [5.41, 5.74) is -0.0874. The normalized spacial score (nSPS) is 25.6. The molecule has 146 valence electrons. The number of fused-ring (bicyclic) bond motifs is 3. The highest BCUT2D eigenvalue weighted by Gasteiger charge is 2.34. The van der Waals surface area contributed by atoms with Crippen LogP contribution >= 0.6 is 0 Å². The van der Waals surface area contributed by atoms with Crippen LogP contribution in [0.3, 0.4) is 0 Å². The molecule has 0 saturated carbocycles. The maximum Gasteiger partial charge on any atom is 0.406 e. The summed E-state index contributed by atoms with van der Waals surface area (Å²) < 4.78 is 58.3. The van der Waals surface area contributed by atoms with E-state index in [9.17, 15) is 22.4 Å². The lowest BCUT2D eigenvalue weighted by atomic mass is 9.92. The molecule has 4 heterocycles. The summed E-state index contributed by atoms with van der Waals surface area (Å²) in [5.74, 6) is -1.24. The fourth-order valence-electron chi connectivity index (χ4n) is 3.86. The number of carbonyl (C=O) groups is 1. The molecule has 10 heteroatoms. The van der Waals surface area contributed by atoms with Crippen LogP contribution in [0.5, 0.6) is 0 Å². The zero-order valence-electron chi connectivity index (χ0n) is 14.2. The van der Waals surface area contributed by atoms with Crippen molar-refractivity contribution in [1.82, 2.24) is 20.2 Å². The zero-order valence-corrected chi connectivity index (χ0v) is 14.2. The van der Waals surface area contributed by atoms with Crippen molar-refractivity contribution in [1.29, 1.82) is 0 Å². The molecule has 2 aromatic heterocycles. The number of nitrogens with one attached hydrogen (secondary N) is 2. The van der Waals surface area contributed by atoms with Crippen molar-refractivity contribution in [3.8, 4) is 0 Å². The monoisotopic (exact) mass is 386 g/mol. The fourth-order valence-corrected chi connectivity index (χ4v) is 3.86. The second-order valence-electron chi connectivity index (χ2n) is 7.05. The second kappa shape index (κ2) is 6.75. The number of aromatic nitrogens is 2. The summed E-state index contributed by atoms with van der Waals surface area (Å²) in [4.78, 5) is 16.5. The standard InChI is InChI=1S/C17H18F4N4O2/c18-9-1-13-14(5-25(8-17(19,20)21)15(13)22-4-9)16(26)24-10-2-11-6-27-7-12(3-10)23-11/h1,4-5,10-12,23H,2-3,6-8H2,(H,24,26)/t10-,11-,12+. The van der Waals surface area contributed by atoms with Crippen molar-refractivity contribution in [2.45, 2.75) is 43.7 Å². The minimum Gasteiger partial charge on any atom is -0.378 e. The summed E-state index contributed by atoms with van der Waals surface area (Å²) in [6.07, 6.45) is -1.23. The molecule has 2 aliphatic heterocycles. The Balaban J connectivity index is 1.60. The minimum absolute atomic E-state index is 0.0128. The highest BCUT2D eigenvalue weighted by molar-refractivity contribution is 6.06. The Morgan fingerprint density at radius 1 is 1.33 bits per heavy atom. The van der Waals surface area contributed by atoms with E-state index in [2.05, 4.69) is 15.6 Å². The van der Waals surface area contributed by atoms with E-state index in [-0.39, 0.29) is 34.7 Å². The molecule has 3 atom stereocenters. The van der Waals surface area contributed by atoms with Crippen molar-refractivity contribution in [3.05, 3.63) is 29.8 Å². The average molecular weight is 386 g/mol. The third-order valence-corrected chi connectivity index (χ3v) is 4.86. The van der Waals surface area contributed by atoms with Gasteiger partial charge in [0, 0.05) is 29.7 Å². The van der Waals surface area contributed by atoms with E-state index in [1.165, 1.54) is 0 Å². The van der Waals surface area contributed by atoms with Crippen LogP contribution in [0.1, 0.15) is 23.2 Å². The maximum absolute atomic E-state index is 13.6. The minimum atomic E-state index is -4.48. The third kappa shape index (κ3) is 3.91. The summed E-state index contributed by atoms with van der Waals surface area (Å²) in [7, 11) is 0. The van der Waals surface area contributed by atoms with E-state index in [1.54, 1.807) is 0 Å². The highest BCUT2D eigenvalue weighted by Crippen LogP contribution is 2.26. The molecule has 2 N–H and O–H groups in total. The van der Waals surface area contributed by atoms with Crippen LogP contribution in [0.4, 0.5) is 17.6 Å². The predicted octanol–water partition coefficient (Wildman–Crippen LogP) is 1.99. The molecule has 0 aliphatic carbocycles. The number of nitrogens with zero attached hydrogens (tertiary/aromatic N) is 2. The number of alkyl halides is 3. The van der Waals surface area contributed by atoms with Gasteiger partial charge in [0.2, 0.25) is 0 Å². The van der Waals surface area contributed by atoms with Crippen molar-refractivity contribution >= 4 is 16.9 Å². The lowest BCUT2D eigenvalue weighted by Crippen LogP contribution is -2.58. The topological polar surface area (TPSA) is 68.2 Å². The SMILES string of the molecule is O=C(N[C@H]1C[C@H]2COC[C@@H](C1)N2)c1cn(CC(F)(F)F)c2ncc(F)cc12. The molecule has 0 radical (unpaired) electrons. The van der Waals surface area contributed by atoms with Gasteiger partial charge >= 0.3 is 6.18 Å². The summed E-state index contributed by atoms with van der Waals surface area (Å²) in [6.45, 7) is -0.184.